The highest BCUT2D eigenvalue weighted by Gasteiger charge is 2.14. The standard InChI is InChI=1S/C23H27N3O4/c1-3-26(4-2)21-11-10-18(14-22(21)30-13-5-12-27)20-15-19(24-25-20)16-6-8-17(9-7-16)23(28)29/h6-11,14-15,27H,3-5,12-13H2,1-2H3,(H,24,25)(H,28,29). The van der Waals surface area contributed by atoms with Crippen LogP contribution in [0.3, 0.4) is 0 Å². The fourth-order valence-electron chi connectivity index (χ4n) is 3.27. The molecular weight excluding hydrogens is 382 g/mol. The molecule has 0 atom stereocenters. The van der Waals surface area contributed by atoms with Crippen molar-refractivity contribution in [2.75, 3.05) is 31.2 Å². The van der Waals surface area contributed by atoms with Crippen molar-refractivity contribution in [1.82, 2.24) is 10.2 Å². The predicted molar refractivity (Wildman–Crippen MR) is 117 cm³/mol. The van der Waals surface area contributed by atoms with Gasteiger partial charge in [0.05, 0.1) is 29.2 Å². The number of hydrogen-bond donors (Lipinski definition) is 3. The Balaban J connectivity index is 1.89. The van der Waals surface area contributed by atoms with Gasteiger partial charge in [0, 0.05) is 31.7 Å². The van der Waals surface area contributed by atoms with Gasteiger partial charge in [-0.1, -0.05) is 18.2 Å². The molecule has 0 aliphatic heterocycles. The van der Waals surface area contributed by atoms with E-state index < -0.39 is 5.97 Å². The fourth-order valence-corrected chi connectivity index (χ4v) is 3.27. The summed E-state index contributed by atoms with van der Waals surface area (Å²) in [5.41, 5.74) is 4.60. The number of aromatic amines is 1. The van der Waals surface area contributed by atoms with Crippen LogP contribution < -0.4 is 9.64 Å². The van der Waals surface area contributed by atoms with Gasteiger partial charge >= 0.3 is 5.97 Å². The number of aliphatic hydroxyl groups excluding tert-OH is 1. The van der Waals surface area contributed by atoms with E-state index in [1.54, 1.807) is 24.3 Å². The minimum Gasteiger partial charge on any atom is -0.491 e. The molecule has 0 bridgehead atoms. The van der Waals surface area contributed by atoms with E-state index in [2.05, 4.69) is 28.9 Å². The monoisotopic (exact) mass is 409 g/mol. The molecule has 0 radical (unpaired) electrons. The zero-order valence-electron chi connectivity index (χ0n) is 17.3. The Morgan fingerprint density at radius 3 is 2.40 bits per heavy atom. The highest BCUT2D eigenvalue weighted by molar-refractivity contribution is 5.88. The number of aliphatic hydroxyl groups is 1. The number of nitrogens with zero attached hydrogens (tertiary/aromatic N) is 2. The molecule has 30 heavy (non-hydrogen) atoms. The second-order valence-corrected chi connectivity index (χ2v) is 6.83. The Hall–Kier alpha value is -3.32. The summed E-state index contributed by atoms with van der Waals surface area (Å²) in [6.45, 7) is 6.46. The van der Waals surface area contributed by atoms with Crippen molar-refractivity contribution in [3.63, 3.8) is 0 Å². The van der Waals surface area contributed by atoms with Crippen LogP contribution in [0.5, 0.6) is 5.75 Å². The van der Waals surface area contributed by atoms with Crippen LogP contribution in [0.2, 0.25) is 0 Å². The van der Waals surface area contributed by atoms with Gasteiger partial charge in [0.1, 0.15) is 5.75 Å². The second kappa shape index (κ2) is 9.93. The summed E-state index contributed by atoms with van der Waals surface area (Å²) < 4.78 is 5.96. The van der Waals surface area contributed by atoms with E-state index >= 15 is 0 Å². The number of anilines is 1. The van der Waals surface area contributed by atoms with Crippen molar-refractivity contribution in [3.8, 4) is 28.3 Å². The number of carboxylic acid groups (broad SMARTS) is 1. The van der Waals surface area contributed by atoms with Gasteiger partial charge in [-0.05, 0) is 49.7 Å². The number of ether oxygens (including phenoxy) is 1. The maximum atomic E-state index is 11.0. The van der Waals surface area contributed by atoms with E-state index in [1.807, 2.05) is 24.3 Å². The number of benzene rings is 2. The maximum absolute atomic E-state index is 11.0. The Morgan fingerprint density at radius 1 is 1.07 bits per heavy atom. The molecule has 0 unspecified atom stereocenters. The first-order valence-electron chi connectivity index (χ1n) is 10.1. The van der Waals surface area contributed by atoms with Gasteiger partial charge < -0.3 is 19.8 Å². The smallest absolute Gasteiger partial charge is 0.335 e. The van der Waals surface area contributed by atoms with Crippen molar-refractivity contribution >= 4 is 11.7 Å². The third-order valence-electron chi connectivity index (χ3n) is 4.94. The molecular formula is C23H27N3O4. The summed E-state index contributed by atoms with van der Waals surface area (Å²) in [6, 6.07) is 14.6. The van der Waals surface area contributed by atoms with Gasteiger partial charge in [-0.15, -0.1) is 0 Å². The average Bonchev–Trinajstić information content (AvgIpc) is 3.26. The molecule has 2 aromatic carbocycles. The van der Waals surface area contributed by atoms with E-state index in [9.17, 15) is 4.79 Å². The Labute approximate surface area is 175 Å². The maximum Gasteiger partial charge on any atom is 0.335 e. The lowest BCUT2D eigenvalue weighted by atomic mass is 10.1. The van der Waals surface area contributed by atoms with E-state index in [0.717, 1.165) is 47.0 Å². The SMILES string of the molecule is CCN(CC)c1ccc(-c2cc(-c3ccc(C(=O)O)cc3)[nH]n2)cc1OCCCO. The van der Waals surface area contributed by atoms with Crippen LogP contribution in [-0.4, -0.2) is 52.7 Å². The Kier molecular flexibility index (Phi) is 7.08. The van der Waals surface area contributed by atoms with Crippen molar-refractivity contribution < 1.29 is 19.7 Å². The minimum absolute atomic E-state index is 0.0870. The third-order valence-corrected chi connectivity index (χ3v) is 4.94. The predicted octanol–water partition coefficient (Wildman–Crippen LogP) is 4.05. The highest BCUT2D eigenvalue weighted by Crippen LogP contribution is 2.34. The van der Waals surface area contributed by atoms with Crippen LogP contribution in [-0.2, 0) is 0 Å². The molecule has 0 spiro atoms. The molecule has 0 fully saturated rings. The summed E-state index contributed by atoms with van der Waals surface area (Å²) in [5, 5.41) is 25.6. The van der Waals surface area contributed by atoms with E-state index in [4.69, 9.17) is 14.9 Å². The summed E-state index contributed by atoms with van der Waals surface area (Å²) >= 11 is 0. The van der Waals surface area contributed by atoms with Crippen molar-refractivity contribution in [3.05, 3.63) is 54.1 Å². The third kappa shape index (κ3) is 4.80. The lowest BCUT2D eigenvalue weighted by molar-refractivity contribution is 0.0697. The number of carbonyl (C=O) groups is 1. The molecule has 3 rings (SSSR count). The van der Waals surface area contributed by atoms with Gasteiger partial charge in [0.25, 0.3) is 0 Å². The molecule has 158 valence electrons. The summed E-state index contributed by atoms with van der Waals surface area (Å²) in [6.07, 6.45) is 0.570. The second-order valence-electron chi connectivity index (χ2n) is 6.83. The number of nitrogens with one attached hydrogen (secondary N) is 1. The van der Waals surface area contributed by atoms with Crippen molar-refractivity contribution in [2.24, 2.45) is 0 Å². The van der Waals surface area contributed by atoms with Crippen molar-refractivity contribution in [2.45, 2.75) is 20.3 Å². The number of hydrogen-bond acceptors (Lipinski definition) is 5. The molecule has 3 aromatic rings. The van der Waals surface area contributed by atoms with Gasteiger partial charge in [-0.3, -0.25) is 5.10 Å². The molecule has 0 saturated carbocycles. The fraction of sp³-hybridized carbons (Fsp3) is 0.304. The molecule has 1 heterocycles. The molecule has 1 aromatic heterocycles. The normalized spacial score (nSPS) is 10.8. The topological polar surface area (TPSA) is 98.7 Å². The van der Waals surface area contributed by atoms with Crippen LogP contribution in [0.15, 0.2) is 48.5 Å². The van der Waals surface area contributed by atoms with E-state index in [0.29, 0.717) is 13.0 Å². The largest absolute Gasteiger partial charge is 0.491 e. The van der Waals surface area contributed by atoms with Crippen molar-refractivity contribution in [1.29, 1.82) is 0 Å². The first-order valence-corrected chi connectivity index (χ1v) is 10.1. The molecule has 0 aliphatic rings. The van der Waals surface area contributed by atoms with Crippen LogP contribution in [0.1, 0.15) is 30.6 Å². The summed E-state index contributed by atoms with van der Waals surface area (Å²) in [7, 11) is 0. The average molecular weight is 409 g/mol. The minimum atomic E-state index is -0.950. The number of aromatic carboxylic acids is 1. The van der Waals surface area contributed by atoms with E-state index in [-0.39, 0.29) is 12.2 Å². The molecule has 7 nitrogen and oxygen atoms in total. The van der Waals surface area contributed by atoms with Gasteiger partial charge in [-0.25, -0.2) is 4.79 Å². The van der Waals surface area contributed by atoms with Crippen LogP contribution in [0.25, 0.3) is 22.5 Å². The molecule has 0 aliphatic carbocycles. The zero-order valence-corrected chi connectivity index (χ0v) is 17.3. The Morgan fingerprint density at radius 2 is 1.77 bits per heavy atom. The highest BCUT2D eigenvalue weighted by atomic mass is 16.5. The molecule has 0 saturated heterocycles. The van der Waals surface area contributed by atoms with Crippen LogP contribution >= 0.6 is 0 Å². The number of aromatic nitrogens is 2. The first kappa shape index (κ1) is 21.4. The number of H-pyrrole nitrogens is 1. The van der Waals surface area contributed by atoms with Gasteiger partial charge in [-0.2, -0.15) is 5.10 Å². The Bertz CT molecular complexity index is 978. The van der Waals surface area contributed by atoms with Gasteiger partial charge in [0.15, 0.2) is 0 Å². The number of carboxylic acids is 1. The lowest BCUT2D eigenvalue weighted by Gasteiger charge is -2.24. The lowest BCUT2D eigenvalue weighted by Crippen LogP contribution is -2.22. The summed E-state index contributed by atoms with van der Waals surface area (Å²) in [5.74, 6) is -0.186. The first-order chi connectivity index (χ1) is 14.6. The summed E-state index contributed by atoms with van der Waals surface area (Å²) in [4.78, 5) is 13.3. The van der Waals surface area contributed by atoms with Gasteiger partial charge in [0.2, 0.25) is 0 Å². The van der Waals surface area contributed by atoms with Crippen LogP contribution in [0, 0.1) is 0 Å². The molecule has 7 heteroatoms. The zero-order chi connectivity index (χ0) is 21.5. The van der Waals surface area contributed by atoms with E-state index in [1.165, 1.54) is 0 Å². The molecule has 3 N–H and O–H groups in total. The number of rotatable bonds is 10. The quantitative estimate of drug-likeness (QED) is 0.437. The van der Waals surface area contributed by atoms with Crippen LogP contribution in [0.4, 0.5) is 5.69 Å². The molecule has 0 amide bonds.